The molecule has 0 radical (unpaired) electrons. The Balaban J connectivity index is 1.79. The number of nitrogens with two attached hydrogens (primary N) is 1. The highest BCUT2D eigenvalue weighted by Gasteiger charge is 2.54. The zero-order valence-electron chi connectivity index (χ0n) is 11.9. The maximum atomic E-state index is 14.9. The number of halogens is 2. The Morgan fingerprint density at radius 3 is 2.64 bits per heavy atom. The van der Waals surface area contributed by atoms with Crippen molar-refractivity contribution in [1.82, 2.24) is 4.90 Å². The molecule has 2 aliphatic carbocycles. The van der Waals surface area contributed by atoms with Crippen molar-refractivity contribution in [1.29, 1.82) is 0 Å². The molecular weight excluding hydrogens is 290 g/mol. The number of amides is 2. The van der Waals surface area contributed by atoms with Gasteiger partial charge in [0.1, 0.15) is 12.0 Å². The second-order valence-corrected chi connectivity index (χ2v) is 6.66. The highest BCUT2D eigenvalue weighted by atomic mass is 19.1. The van der Waals surface area contributed by atoms with E-state index in [9.17, 15) is 18.4 Å². The normalized spacial score (nSPS) is 27.7. The van der Waals surface area contributed by atoms with Crippen LogP contribution in [0.25, 0.3) is 0 Å². The number of hydrogen-bond donors (Lipinski definition) is 1. The monoisotopic (exact) mass is 306 g/mol. The van der Waals surface area contributed by atoms with Crippen LogP contribution in [0.15, 0.2) is 12.1 Å². The summed E-state index contributed by atoms with van der Waals surface area (Å²) in [6, 6.07) is 3.09. The lowest BCUT2D eigenvalue weighted by molar-refractivity contribution is -0.118. The molecule has 4 nitrogen and oxygen atoms in total. The van der Waals surface area contributed by atoms with Gasteiger partial charge in [0.05, 0.1) is 6.54 Å². The first-order chi connectivity index (χ1) is 10.4. The topological polar surface area (TPSA) is 63.4 Å². The van der Waals surface area contributed by atoms with E-state index < -0.39 is 23.3 Å². The number of alkyl halides is 1. The van der Waals surface area contributed by atoms with Crippen LogP contribution < -0.4 is 5.73 Å². The molecule has 6 heteroatoms. The molecule has 3 aliphatic rings. The van der Waals surface area contributed by atoms with Crippen LogP contribution in [0.1, 0.15) is 46.7 Å². The smallest absolute Gasteiger partial charge is 0.254 e. The minimum atomic E-state index is -0.978. The van der Waals surface area contributed by atoms with Crippen molar-refractivity contribution in [3.05, 3.63) is 34.6 Å². The van der Waals surface area contributed by atoms with E-state index in [-0.39, 0.29) is 18.4 Å². The second-order valence-electron chi connectivity index (χ2n) is 6.66. The first-order valence-electron chi connectivity index (χ1n) is 7.47. The molecule has 1 aliphatic heterocycles. The van der Waals surface area contributed by atoms with Crippen LogP contribution in [0, 0.1) is 5.82 Å². The van der Waals surface area contributed by atoms with Gasteiger partial charge in [-0.15, -0.1) is 0 Å². The van der Waals surface area contributed by atoms with Crippen molar-refractivity contribution in [3.63, 3.8) is 0 Å². The fourth-order valence-corrected chi connectivity index (χ4v) is 3.62. The van der Waals surface area contributed by atoms with Crippen molar-refractivity contribution in [2.24, 2.45) is 5.73 Å². The van der Waals surface area contributed by atoms with E-state index in [1.165, 1.54) is 11.0 Å². The highest BCUT2D eigenvalue weighted by Crippen LogP contribution is 2.55. The van der Waals surface area contributed by atoms with Gasteiger partial charge in [-0.2, -0.15) is 0 Å². The average Bonchev–Trinajstić information content (AvgIpc) is 3.35. The van der Waals surface area contributed by atoms with Gasteiger partial charge in [-0.05, 0) is 30.9 Å². The Labute approximate surface area is 126 Å². The number of primary amides is 1. The molecule has 1 aromatic rings. The SMILES string of the molecule is NC(=O)CN1CC2(CC2)c2c(ccc([C@H]3CC3F)c2F)C1=O. The lowest BCUT2D eigenvalue weighted by atomic mass is 9.84. The molecule has 2 saturated carbocycles. The molecule has 0 bridgehead atoms. The van der Waals surface area contributed by atoms with Gasteiger partial charge in [0.25, 0.3) is 5.91 Å². The summed E-state index contributed by atoms with van der Waals surface area (Å²) in [7, 11) is 0. The predicted molar refractivity (Wildman–Crippen MR) is 74.7 cm³/mol. The molecule has 1 aromatic carbocycles. The molecular formula is C16H16F2N2O2. The van der Waals surface area contributed by atoms with E-state index >= 15 is 0 Å². The largest absolute Gasteiger partial charge is 0.368 e. The molecule has 2 fully saturated rings. The third-order valence-corrected chi connectivity index (χ3v) is 5.03. The standard InChI is InChI=1S/C16H16F2N2O2/c17-11-5-10(11)8-1-2-9-13(14(8)18)16(3-4-16)7-20(15(9)22)6-12(19)21/h1-2,10-11H,3-7H2,(H2,19,21)/t10-,11?/m1/s1. The fourth-order valence-electron chi connectivity index (χ4n) is 3.62. The van der Waals surface area contributed by atoms with Crippen LogP contribution in [0.3, 0.4) is 0 Å². The molecule has 2 atom stereocenters. The summed E-state index contributed by atoms with van der Waals surface area (Å²) in [6.45, 7) is 0.157. The van der Waals surface area contributed by atoms with Gasteiger partial charge in [-0.1, -0.05) is 6.07 Å². The Morgan fingerprint density at radius 2 is 2.09 bits per heavy atom. The van der Waals surface area contributed by atoms with Gasteiger partial charge in [-0.3, -0.25) is 9.59 Å². The van der Waals surface area contributed by atoms with Gasteiger partial charge in [0, 0.05) is 29.0 Å². The summed E-state index contributed by atoms with van der Waals surface area (Å²) in [6.07, 6.45) is 0.914. The van der Waals surface area contributed by atoms with E-state index in [0.29, 0.717) is 29.7 Å². The number of carbonyl (C=O) groups excluding carboxylic acids is 2. The van der Waals surface area contributed by atoms with Crippen LogP contribution in [0.2, 0.25) is 0 Å². The first-order valence-corrected chi connectivity index (χ1v) is 7.47. The number of rotatable bonds is 3. The second kappa shape index (κ2) is 4.27. The van der Waals surface area contributed by atoms with Crippen molar-refractivity contribution < 1.29 is 18.4 Å². The van der Waals surface area contributed by atoms with Gasteiger partial charge >= 0.3 is 0 Å². The lowest BCUT2D eigenvalue weighted by Gasteiger charge is -2.34. The van der Waals surface area contributed by atoms with E-state index in [0.717, 1.165) is 12.8 Å². The molecule has 1 unspecified atom stereocenters. The van der Waals surface area contributed by atoms with E-state index in [1.807, 2.05) is 0 Å². The summed E-state index contributed by atoms with van der Waals surface area (Å²) in [4.78, 5) is 25.0. The van der Waals surface area contributed by atoms with E-state index in [2.05, 4.69) is 0 Å². The average molecular weight is 306 g/mol. The number of carbonyl (C=O) groups is 2. The van der Waals surface area contributed by atoms with E-state index in [4.69, 9.17) is 5.73 Å². The molecule has 2 amide bonds. The maximum Gasteiger partial charge on any atom is 0.254 e. The van der Waals surface area contributed by atoms with Crippen LogP contribution in [0.5, 0.6) is 0 Å². The molecule has 22 heavy (non-hydrogen) atoms. The summed E-state index contributed by atoms with van der Waals surface area (Å²) in [5.74, 6) is -1.75. The maximum absolute atomic E-state index is 14.9. The fraction of sp³-hybridized carbons (Fsp3) is 0.500. The minimum Gasteiger partial charge on any atom is -0.368 e. The van der Waals surface area contributed by atoms with Gasteiger partial charge < -0.3 is 10.6 Å². The predicted octanol–water partition coefficient (Wildman–Crippen LogP) is 1.62. The lowest BCUT2D eigenvalue weighted by Crippen LogP contribution is -2.47. The quantitative estimate of drug-likeness (QED) is 0.922. The number of benzene rings is 1. The third kappa shape index (κ3) is 1.86. The van der Waals surface area contributed by atoms with Crippen molar-refractivity contribution in [2.45, 2.75) is 36.8 Å². The minimum absolute atomic E-state index is 0.154. The van der Waals surface area contributed by atoms with Crippen LogP contribution in [-0.4, -0.2) is 36.0 Å². The van der Waals surface area contributed by atoms with E-state index in [1.54, 1.807) is 6.07 Å². The molecule has 4 rings (SSSR count). The zero-order valence-corrected chi connectivity index (χ0v) is 11.9. The van der Waals surface area contributed by atoms with Gasteiger partial charge in [-0.25, -0.2) is 8.78 Å². The Hall–Kier alpha value is -1.98. The van der Waals surface area contributed by atoms with Crippen LogP contribution in [0.4, 0.5) is 8.78 Å². The van der Waals surface area contributed by atoms with Gasteiger partial charge in [0.15, 0.2) is 0 Å². The van der Waals surface area contributed by atoms with Crippen molar-refractivity contribution >= 4 is 11.8 Å². The summed E-state index contributed by atoms with van der Waals surface area (Å²) in [5.41, 5.74) is 5.87. The molecule has 1 heterocycles. The Morgan fingerprint density at radius 1 is 1.41 bits per heavy atom. The number of hydrogen-bond acceptors (Lipinski definition) is 2. The van der Waals surface area contributed by atoms with Crippen molar-refractivity contribution in [3.8, 4) is 0 Å². The summed E-state index contributed by atoms with van der Waals surface area (Å²) in [5, 5.41) is 0. The van der Waals surface area contributed by atoms with Crippen LogP contribution in [-0.2, 0) is 10.2 Å². The zero-order chi connectivity index (χ0) is 15.6. The third-order valence-electron chi connectivity index (χ3n) is 5.03. The Kier molecular flexibility index (Phi) is 2.65. The summed E-state index contributed by atoms with van der Waals surface area (Å²) < 4.78 is 28.2. The molecule has 0 aromatic heterocycles. The summed E-state index contributed by atoms with van der Waals surface area (Å²) >= 11 is 0. The Bertz CT molecular complexity index is 700. The molecule has 1 spiro atoms. The number of nitrogens with zero attached hydrogens (tertiary/aromatic N) is 1. The molecule has 0 saturated heterocycles. The van der Waals surface area contributed by atoms with Crippen LogP contribution >= 0.6 is 0 Å². The van der Waals surface area contributed by atoms with Gasteiger partial charge in [0.2, 0.25) is 5.91 Å². The first kappa shape index (κ1) is 13.7. The number of fused-ring (bicyclic) bond motifs is 2. The van der Waals surface area contributed by atoms with Crippen molar-refractivity contribution in [2.75, 3.05) is 13.1 Å². The molecule has 2 N–H and O–H groups in total. The molecule has 116 valence electrons. The highest BCUT2D eigenvalue weighted by molar-refractivity contribution is 5.99.